The van der Waals surface area contributed by atoms with Crippen LogP contribution in [0.1, 0.15) is 67.2 Å². The average Bonchev–Trinajstić information content (AvgIpc) is 2.61. The van der Waals surface area contributed by atoms with Crippen molar-refractivity contribution in [3.8, 4) is 0 Å². The Bertz CT molecular complexity index is 407. The third-order valence-corrected chi connectivity index (χ3v) is 5.44. The van der Waals surface area contributed by atoms with Gasteiger partial charge in [0.2, 0.25) is 0 Å². The third-order valence-electron chi connectivity index (χ3n) is 5.44. The van der Waals surface area contributed by atoms with E-state index in [2.05, 4.69) is 62.1 Å². The molecule has 27 heavy (non-hydrogen) atoms. The Kier molecular flexibility index (Phi) is 13.9. The van der Waals surface area contributed by atoms with Gasteiger partial charge >= 0.3 is 0 Å². The van der Waals surface area contributed by atoms with Gasteiger partial charge in [-0.1, -0.05) is 34.6 Å². The smallest absolute Gasteiger partial charge is 0.191 e. The highest BCUT2D eigenvalue weighted by Crippen LogP contribution is 2.33. The predicted octanol–water partition coefficient (Wildman–Crippen LogP) is 4.12. The van der Waals surface area contributed by atoms with Crippen LogP contribution in [0.15, 0.2) is 4.99 Å². The van der Waals surface area contributed by atoms with E-state index in [0.29, 0.717) is 18.1 Å². The number of nitrogens with one attached hydrogen (secondary N) is 2. The first-order valence-corrected chi connectivity index (χ1v) is 10.6. The number of nitrogens with zero attached hydrogens (tertiary/aromatic N) is 2. The summed E-state index contributed by atoms with van der Waals surface area (Å²) in [5, 5.41) is 7.09. The standard InChI is InChI=1S/C21H44N4O.HI/c1-8-25(9-2)14-10-12-17(3)24-20(22-7)23-16-18-13-11-15-26-19(18)21(4,5)6;/h17-19H,8-16H2,1-7H3,(H2,22,23,24);1H. The van der Waals surface area contributed by atoms with Gasteiger partial charge in [0.05, 0.1) is 6.10 Å². The fourth-order valence-electron chi connectivity index (χ4n) is 3.90. The molecule has 0 aliphatic carbocycles. The lowest BCUT2D eigenvalue weighted by atomic mass is 9.78. The van der Waals surface area contributed by atoms with Crippen molar-refractivity contribution >= 4 is 29.9 Å². The van der Waals surface area contributed by atoms with Crippen LogP contribution in [-0.2, 0) is 4.74 Å². The van der Waals surface area contributed by atoms with Crippen molar-refractivity contribution in [3.05, 3.63) is 0 Å². The van der Waals surface area contributed by atoms with E-state index in [1.54, 1.807) is 0 Å². The minimum Gasteiger partial charge on any atom is -0.377 e. The predicted molar refractivity (Wildman–Crippen MR) is 128 cm³/mol. The first-order valence-electron chi connectivity index (χ1n) is 10.6. The van der Waals surface area contributed by atoms with Crippen LogP contribution >= 0.6 is 24.0 Å². The summed E-state index contributed by atoms with van der Waals surface area (Å²) >= 11 is 0. The van der Waals surface area contributed by atoms with Gasteiger partial charge in [0.25, 0.3) is 0 Å². The van der Waals surface area contributed by atoms with Crippen LogP contribution < -0.4 is 10.6 Å². The first-order chi connectivity index (χ1) is 12.3. The molecule has 6 heteroatoms. The molecule has 1 aliphatic heterocycles. The van der Waals surface area contributed by atoms with Crippen LogP contribution in [0, 0.1) is 11.3 Å². The van der Waals surface area contributed by atoms with Gasteiger partial charge in [0, 0.05) is 32.2 Å². The van der Waals surface area contributed by atoms with Crippen LogP contribution in [0.3, 0.4) is 0 Å². The lowest BCUT2D eigenvalue weighted by Gasteiger charge is -2.40. The van der Waals surface area contributed by atoms with Gasteiger partial charge in [-0.05, 0) is 57.7 Å². The summed E-state index contributed by atoms with van der Waals surface area (Å²) in [4.78, 5) is 6.90. The number of aliphatic imine (C=N–C) groups is 1. The lowest BCUT2D eigenvalue weighted by molar-refractivity contribution is -0.0835. The molecule has 0 radical (unpaired) electrons. The van der Waals surface area contributed by atoms with Crippen LogP contribution in [0.2, 0.25) is 0 Å². The van der Waals surface area contributed by atoms with E-state index in [0.717, 1.165) is 45.0 Å². The molecule has 3 unspecified atom stereocenters. The molecule has 2 N–H and O–H groups in total. The van der Waals surface area contributed by atoms with Crippen molar-refractivity contribution in [2.24, 2.45) is 16.3 Å². The number of guanidine groups is 1. The highest BCUT2D eigenvalue weighted by atomic mass is 127. The molecule has 0 saturated carbocycles. The Morgan fingerprint density at radius 1 is 1.26 bits per heavy atom. The Morgan fingerprint density at radius 2 is 1.93 bits per heavy atom. The molecule has 0 spiro atoms. The Balaban J connectivity index is 0.00000676. The molecule has 0 bridgehead atoms. The van der Waals surface area contributed by atoms with Crippen LogP contribution in [-0.4, -0.2) is 62.8 Å². The molecule has 0 amide bonds. The number of hydrogen-bond acceptors (Lipinski definition) is 3. The van der Waals surface area contributed by atoms with Crippen molar-refractivity contribution in [1.82, 2.24) is 15.5 Å². The monoisotopic (exact) mass is 496 g/mol. The minimum absolute atomic E-state index is 0. The molecule has 1 heterocycles. The van der Waals surface area contributed by atoms with Crippen molar-refractivity contribution in [3.63, 3.8) is 0 Å². The maximum Gasteiger partial charge on any atom is 0.191 e. The van der Waals surface area contributed by atoms with Gasteiger partial charge in [-0.3, -0.25) is 4.99 Å². The van der Waals surface area contributed by atoms with E-state index >= 15 is 0 Å². The Labute approximate surface area is 185 Å². The van der Waals surface area contributed by atoms with Crippen molar-refractivity contribution in [2.45, 2.75) is 79.4 Å². The molecular formula is C21H45IN4O. The van der Waals surface area contributed by atoms with Gasteiger partial charge in [0.1, 0.15) is 0 Å². The van der Waals surface area contributed by atoms with E-state index in [4.69, 9.17) is 4.74 Å². The van der Waals surface area contributed by atoms with Crippen LogP contribution in [0.4, 0.5) is 0 Å². The number of halogens is 1. The average molecular weight is 497 g/mol. The zero-order chi connectivity index (χ0) is 19.6. The number of rotatable bonds is 9. The minimum atomic E-state index is 0. The van der Waals surface area contributed by atoms with Gasteiger partial charge in [0.15, 0.2) is 5.96 Å². The van der Waals surface area contributed by atoms with Gasteiger partial charge in [-0.25, -0.2) is 0 Å². The first kappa shape index (κ1) is 26.9. The quantitative estimate of drug-likeness (QED) is 0.287. The van der Waals surface area contributed by atoms with Gasteiger partial charge in [-0.2, -0.15) is 0 Å². The van der Waals surface area contributed by atoms with Crippen LogP contribution in [0.25, 0.3) is 0 Å². The van der Waals surface area contributed by atoms with Crippen molar-refractivity contribution in [2.75, 3.05) is 39.8 Å². The Morgan fingerprint density at radius 3 is 2.48 bits per heavy atom. The summed E-state index contributed by atoms with van der Waals surface area (Å²) in [6.45, 7) is 18.8. The maximum atomic E-state index is 6.09. The molecule has 1 aliphatic rings. The molecule has 1 rings (SSSR count). The molecule has 3 atom stereocenters. The third kappa shape index (κ3) is 10.3. The van der Waals surface area contributed by atoms with Crippen LogP contribution in [0.5, 0.6) is 0 Å². The number of ether oxygens (including phenoxy) is 1. The molecule has 1 saturated heterocycles. The summed E-state index contributed by atoms with van der Waals surface area (Å²) in [6.07, 6.45) is 5.08. The largest absolute Gasteiger partial charge is 0.377 e. The van der Waals surface area contributed by atoms with Gasteiger partial charge in [-0.15, -0.1) is 24.0 Å². The SMILES string of the molecule is CCN(CC)CCCC(C)NC(=NC)NCC1CCCOC1C(C)(C)C.I. The van der Waals surface area contributed by atoms with E-state index in [1.807, 2.05) is 7.05 Å². The molecule has 0 aromatic rings. The van der Waals surface area contributed by atoms with E-state index in [1.165, 1.54) is 19.4 Å². The Hall–Kier alpha value is -0.0800. The van der Waals surface area contributed by atoms with Gasteiger partial charge < -0.3 is 20.3 Å². The summed E-state index contributed by atoms with van der Waals surface area (Å²) in [5.41, 5.74) is 0.182. The van der Waals surface area contributed by atoms with E-state index in [9.17, 15) is 0 Å². The zero-order valence-corrected chi connectivity index (χ0v) is 21.1. The zero-order valence-electron chi connectivity index (χ0n) is 18.8. The van der Waals surface area contributed by atoms with Crippen molar-refractivity contribution in [1.29, 1.82) is 0 Å². The second-order valence-electron chi connectivity index (χ2n) is 8.73. The van der Waals surface area contributed by atoms with E-state index < -0.39 is 0 Å². The molecule has 0 aromatic carbocycles. The summed E-state index contributed by atoms with van der Waals surface area (Å²) < 4.78 is 6.09. The topological polar surface area (TPSA) is 48.9 Å². The molecule has 1 fully saturated rings. The summed E-state index contributed by atoms with van der Waals surface area (Å²) in [6, 6.07) is 0.429. The summed E-state index contributed by atoms with van der Waals surface area (Å²) in [5.74, 6) is 1.46. The second-order valence-corrected chi connectivity index (χ2v) is 8.73. The highest BCUT2D eigenvalue weighted by molar-refractivity contribution is 14.0. The van der Waals surface area contributed by atoms with Crippen molar-refractivity contribution < 1.29 is 4.74 Å². The second kappa shape index (κ2) is 14.0. The highest BCUT2D eigenvalue weighted by Gasteiger charge is 2.35. The fourth-order valence-corrected chi connectivity index (χ4v) is 3.90. The normalized spacial score (nSPS) is 22.3. The summed E-state index contributed by atoms with van der Waals surface area (Å²) in [7, 11) is 1.86. The fraction of sp³-hybridized carbons (Fsp3) is 0.952. The van der Waals surface area contributed by atoms with E-state index in [-0.39, 0.29) is 29.4 Å². The molecular weight excluding hydrogens is 451 g/mol. The molecule has 0 aromatic heterocycles. The number of hydrogen-bond donors (Lipinski definition) is 2. The molecule has 5 nitrogen and oxygen atoms in total. The maximum absolute atomic E-state index is 6.09. The molecule has 162 valence electrons. The lowest BCUT2D eigenvalue weighted by Crippen LogP contribution is -2.49.